The van der Waals surface area contributed by atoms with Crippen LogP contribution in [0.25, 0.3) is 11.0 Å². The highest BCUT2D eigenvalue weighted by atomic mass is 16.2. The highest BCUT2D eigenvalue weighted by molar-refractivity contribution is 5.87. The lowest BCUT2D eigenvalue weighted by atomic mass is 10.1. The van der Waals surface area contributed by atoms with Gasteiger partial charge in [-0.2, -0.15) is 0 Å². The number of carbonyl (C=O) groups excluding carboxylic acids is 1. The number of rotatable bonds is 5. The molecule has 2 fully saturated rings. The van der Waals surface area contributed by atoms with E-state index in [4.69, 9.17) is 0 Å². The number of amides is 1. The molecule has 1 saturated carbocycles. The summed E-state index contributed by atoms with van der Waals surface area (Å²) in [5.74, 6) is 1.06. The number of carbonyl (C=O) groups is 1. The quantitative estimate of drug-likeness (QED) is 0.768. The van der Waals surface area contributed by atoms with E-state index in [1.165, 1.54) is 25.7 Å². The smallest absolute Gasteiger partial charge is 0.234 e. The third-order valence-corrected chi connectivity index (χ3v) is 5.33. The Kier molecular flexibility index (Phi) is 4.83. The van der Waals surface area contributed by atoms with E-state index >= 15 is 0 Å². The van der Waals surface area contributed by atoms with Crippen LogP contribution in [0.3, 0.4) is 0 Å². The second-order valence-corrected chi connectivity index (χ2v) is 7.15. The minimum atomic E-state index is 0.105. The van der Waals surface area contributed by atoms with Crippen LogP contribution in [0, 0.1) is 0 Å². The van der Waals surface area contributed by atoms with Gasteiger partial charge in [-0.15, -0.1) is 0 Å². The van der Waals surface area contributed by atoms with Crippen molar-refractivity contribution in [3.63, 3.8) is 0 Å². The molecular formula is C18H26N6O. The first-order valence-corrected chi connectivity index (χ1v) is 9.35. The van der Waals surface area contributed by atoms with Gasteiger partial charge in [0.1, 0.15) is 17.8 Å². The Balaban J connectivity index is 1.34. The predicted octanol–water partition coefficient (Wildman–Crippen LogP) is 1.58. The maximum atomic E-state index is 12.3. The molecule has 0 aromatic carbocycles. The summed E-state index contributed by atoms with van der Waals surface area (Å²) in [5, 5.41) is 7.61. The third-order valence-electron chi connectivity index (χ3n) is 5.33. The molecule has 7 nitrogen and oxygen atoms in total. The van der Waals surface area contributed by atoms with Gasteiger partial charge in [0.25, 0.3) is 0 Å². The molecule has 1 saturated heterocycles. The second kappa shape index (κ2) is 7.39. The molecule has 1 aliphatic carbocycles. The molecule has 2 aromatic heterocycles. The number of H-pyrrole nitrogens is 1. The SMILES string of the molecule is O=C(CNC1CCCC1)N[C@@H]1CCCN(c2ncnc3[nH]ccc23)C1. The minimum absolute atomic E-state index is 0.105. The monoisotopic (exact) mass is 342 g/mol. The van der Waals surface area contributed by atoms with Gasteiger partial charge in [-0.3, -0.25) is 4.79 Å². The van der Waals surface area contributed by atoms with E-state index < -0.39 is 0 Å². The fourth-order valence-corrected chi connectivity index (χ4v) is 4.04. The number of aromatic amines is 1. The van der Waals surface area contributed by atoms with Crippen molar-refractivity contribution in [1.82, 2.24) is 25.6 Å². The van der Waals surface area contributed by atoms with Crippen LogP contribution in [0.15, 0.2) is 18.6 Å². The first kappa shape index (κ1) is 16.3. The summed E-state index contributed by atoms with van der Waals surface area (Å²) in [5.41, 5.74) is 0.858. The van der Waals surface area contributed by atoms with Crippen LogP contribution in [0.2, 0.25) is 0 Å². The molecule has 3 N–H and O–H groups in total. The van der Waals surface area contributed by atoms with Crippen molar-refractivity contribution in [2.24, 2.45) is 0 Å². The molecule has 134 valence electrons. The fourth-order valence-electron chi connectivity index (χ4n) is 4.04. The number of hydrogen-bond donors (Lipinski definition) is 3. The van der Waals surface area contributed by atoms with Gasteiger partial charge in [0.2, 0.25) is 5.91 Å². The average molecular weight is 342 g/mol. The fraction of sp³-hybridized carbons (Fsp3) is 0.611. The lowest BCUT2D eigenvalue weighted by Gasteiger charge is -2.34. The number of hydrogen-bond acceptors (Lipinski definition) is 5. The molecule has 7 heteroatoms. The first-order chi connectivity index (χ1) is 12.3. The maximum absolute atomic E-state index is 12.3. The van der Waals surface area contributed by atoms with E-state index in [2.05, 4.69) is 30.5 Å². The molecule has 2 aliphatic rings. The first-order valence-electron chi connectivity index (χ1n) is 9.35. The van der Waals surface area contributed by atoms with Crippen LogP contribution >= 0.6 is 0 Å². The Bertz CT molecular complexity index is 723. The molecule has 4 rings (SSSR count). The number of nitrogens with zero attached hydrogens (tertiary/aromatic N) is 3. The molecule has 1 atom stereocenters. The van der Waals surface area contributed by atoms with Crippen LogP contribution in [0.1, 0.15) is 38.5 Å². The Morgan fingerprint density at radius 2 is 2.04 bits per heavy atom. The Morgan fingerprint density at radius 3 is 2.92 bits per heavy atom. The van der Waals surface area contributed by atoms with Crippen LogP contribution in [0.5, 0.6) is 0 Å². The zero-order valence-electron chi connectivity index (χ0n) is 14.5. The summed E-state index contributed by atoms with van der Waals surface area (Å²) in [6.45, 7) is 2.19. The Labute approximate surface area is 147 Å². The lowest BCUT2D eigenvalue weighted by molar-refractivity contribution is -0.121. The Morgan fingerprint density at radius 1 is 1.20 bits per heavy atom. The zero-order valence-corrected chi connectivity index (χ0v) is 14.5. The van der Waals surface area contributed by atoms with Crippen LogP contribution in [-0.4, -0.2) is 52.6 Å². The van der Waals surface area contributed by atoms with Crippen molar-refractivity contribution < 1.29 is 4.79 Å². The summed E-state index contributed by atoms with van der Waals surface area (Å²) in [7, 11) is 0. The highest BCUT2D eigenvalue weighted by Gasteiger charge is 2.24. The molecule has 1 amide bonds. The van der Waals surface area contributed by atoms with Crippen LogP contribution in [0.4, 0.5) is 5.82 Å². The number of nitrogens with one attached hydrogen (secondary N) is 3. The topological polar surface area (TPSA) is 85.9 Å². The maximum Gasteiger partial charge on any atom is 0.234 e. The van der Waals surface area contributed by atoms with Gasteiger partial charge in [0, 0.05) is 31.4 Å². The van der Waals surface area contributed by atoms with Crippen molar-refractivity contribution >= 4 is 22.8 Å². The second-order valence-electron chi connectivity index (χ2n) is 7.15. The highest BCUT2D eigenvalue weighted by Crippen LogP contribution is 2.25. The van der Waals surface area contributed by atoms with Gasteiger partial charge < -0.3 is 20.5 Å². The van der Waals surface area contributed by atoms with Crippen molar-refractivity contribution in [3.8, 4) is 0 Å². The largest absolute Gasteiger partial charge is 0.354 e. The molecule has 25 heavy (non-hydrogen) atoms. The standard InChI is InChI=1S/C18H26N6O/c25-16(10-20-13-4-1-2-5-13)23-14-6-3-9-24(11-14)18-15-7-8-19-17(15)21-12-22-18/h7-8,12-14,20H,1-6,9-11H2,(H,23,25)(H,19,21,22)/t14-/m1/s1. The number of fused-ring (bicyclic) bond motifs is 1. The predicted molar refractivity (Wildman–Crippen MR) is 97.5 cm³/mol. The van der Waals surface area contributed by atoms with E-state index in [-0.39, 0.29) is 11.9 Å². The van der Waals surface area contributed by atoms with Crippen molar-refractivity contribution in [3.05, 3.63) is 18.6 Å². The van der Waals surface area contributed by atoms with E-state index in [9.17, 15) is 4.79 Å². The molecule has 0 spiro atoms. The molecule has 2 aromatic rings. The Hall–Kier alpha value is -2.15. The summed E-state index contributed by atoms with van der Waals surface area (Å²) in [6, 6.07) is 2.71. The van der Waals surface area contributed by atoms with Gasteiger partial charge in [0.15, 0.2) is 0 Å². The summed E-state index contributed by atoms with van der Waals surface area (Å²) < 4.78 is 0. The van der Waals surface area contributed by atoms with E-state index in [1.54, 1.807) is 6.33 Å². The number of anilines is 1. The van der Waals surface area contributed by atoms with E-state index in [1.807, 2.05) is 12.3 Å². The van der Waals surface area contributed by atoms with Gasteiger partial charge in [0.05, 0.1) is 11.9 Å². The minimum Gasteiger partial charge on any atom is -0.354 e. The van der Waals surface area contributed by atoms with Crippen LogP contribution in [-0.2, 0) is 4.79 Å². The molecule has 1 aliphatic heterocycles. The molecule has 0 bridgehead atoms. The van der Waals surface area contributed by atoms with Crippen molar-refractivity contribution in [1.29, 1.82) is 0 Å². The average Bonchev–Trinajstić information content (AvgIpc) is 3.31. The number of piperidine rings is 1. The molecule has 0 unspecified atom stereocenters. The lowest BCUT2D eigenvalue weighted by Crippen LogP contribution is -2.50. The normalized spacial score (nSPS) is 21.8. The third kappa shape index (κ3) is 3.76. The number of aromatic nitrogens is 3. The van der Waals surface area contributed by atoms with Gasteiger partial charge >= 0.3 is 0 Å². The van der Waals surface area contributed by atoms with E-state index in [0.717, 1.165) is 42.8 Å². The van der Waals surface area contributed by atoms with Crippen molar-refractivity contribution in [2.45, 2.75) is 50.6 Å². The summed E-state index contributed by atoms with van der Waals surface area (Å²) >= 11 is 0. The van der Waals surface area contributed by atoms with Crippen molar-refractivity contribution in [2.75, 3.05) is 24.5 Å². The van der Waals surface area contributed by atoms with E-state index in [0.29, 0.717) is 12.6 Å². The van der Waals surface area contributed by atoms with Gasteiger partial charge in [-0.25, -0.2) is 9.97 Å². The van der Waals surface area contributed by atoms with Gasteiger partial charge in [-0.1, -0.05) is 12.8 Å². The molecule has 0 radical (unpaired) electrons. The van der Waals surface area contributed by atoms with Crippen LogP contribution < -0.4 is 15.5 Å². The summed E-state index contributed by atoms with van der Waals surface area (Å²) in [4.78, 5) is 26.4. The molecule has 3 heterocycles. The zero-order chi connectivity index (χ0) is 17.1. The summed E-state index contributed by atoms with van der Waals surface area (Å²) in [6.07, 6.45) is 10.5. The molecular weight excluding hydrogens is 316 g/mol. The van der Waals surface area contributed by atoms with Gasteiger partial charge in [-0.05, 0) is 31.7 Å².